The molecule has 12 aromatic rings. The van der Waals surface area contributed by atoms with Crippen molar-refractivity contribution in [3.8, 4) is 55.6 Å². The number of anilines is 3. The molecular formula is C67H45NO. The summed E-state index contributed by atoms with van der Waals surface area (Å²) >= 11 is 0. The van der Waals surface area contributed by atoms with Crippen molar-refractivity contribution in [2.75, 3.05) is 4.90 Å². The molecule has 0 aliphatic heterocycles. The highest BCUT2D eigenvalue weighted by atomic mass is 16.3. The Morgan fingerprint density at radius 2 is 0.783 bits per heavy atom. The van der Waals surface area contributed by atoms with Crippen molar-refractivity contribution in [3.05, 3.63) is 295 Å². The highest BCUT2D eigenvalue weighted by Gasteiger charge is 2.46. The second-order valence-electron chi connectivity index (χ2n) is 18.0. The van der Waals surface area contributed by atoms with E-state index in [2.05, 4.69) is 278 Å². The Kier molecular flexibility index (Phi) is 9.77. The summed E-state index contributed by atoms with van der Waals surface area (Å²) in [6, 6.07) is 99.1. The minimum Gasteiger partial charge on any atom is -0.455 e. The zero-order chi connectivity index (χ0) is 45.7. The number of furan rings is 1. The van der Waals surface area contributed by atoms with Gasteiger partial charge in [-0.2, -0.15) is 0 Å². The van der Waals surface area contributed by atoms with E-state index in [1.807, 2.05) is 0 Å². The first kappa shape index (κ1) is 40.3. The van der Waals surface area contributed by atoms with E-state index in [1.165, 1.54) is 50.1 Å². The summed E-state index contributed by atoms with van der Waals surface area (Å²) in [5.41, 5.74) is 21.3. The largest absolute Gasteiger partial charge is 0.455 e. The van der Waals surface area contributed by atoms with Gasteiger partial charge in [0.05, 0.1) is 11.1 Å². The molecule has 13 rings (SSSR count). The normalized spacial score (nSPS) is 12.5. The van der Waals surface area contributed by atoms with Crippen LogP contribution < -0.4 is 4.90 Å². The fourth-order valence-electron chi connectivity index (χ4n) is 11.0. The van der Waals surface area contributed by atoms with Crippen molar-refractivity contribution in [1.82, 2.24) is 0 Å². The molecule has 0 N–H and O–H groups in total. The monoisotopic (exact) mass is 879 g/mol. The van der Waals surface area contributed by atoms with E-state index in [9.17, 15) is 0 Å². The van der Waals surface area contributed by atoms with Crippen LogP contribution in [0, 0.1) is 0 Å². The summed E-state index contributed by atoms with van der Waals surface area (Å²) in [4.78, 5) is 2.38. The Morgan fingerprint density at radius 1 is 0.290 bits per heavy atom. The lowest BCUT2D eigenvalue weighted by molar-refractivity contribution is 0.670. The summed E-state index contributed by atoms with van der Waals surface area (Å²) in [7, 11) is 0. The van der Waals surface area contributed by atoms with Crippen molar-refractivity contribution >= 4 is 39.0 Å². The molecule has 0 amide bonds. The Hall–Kier alpha value is -8.98. The van der Waals surface area contributed by atoms with Gasteiger partial charge in [0.15, 0.2) is 0 Å². The number of benzene rings is 11. The molecule has 0 bridgehead atoms. The minimum absolute atomic E-state index is 0.498. The summed E-state index contributed by atoms with van der Waals surface area (Å²) in [5, 5.41) is 2.20. The molecular weight excluding hydrogens is 835 g/mol. The van der Waals surface area contributed by atoms with Crippen LogP contribution in [0.2, 0.25) is 0 Å². The van der Waals surface area contributed by atoms with Gasteiger partial charge in [-0.25, -0.2) is 0 Å². The molecule has 0 saturated heterocycles. The van der Waals surface area contributed by atoms with E-state index in [4.69, 9.17) is 4.42 Å². The van der Waals surface area contributed by atoms with Gasteiger partial charge >= 0.3 is 0 Å². The van der Waals surface area contributed by atoms with Crippen molar-refractivity contribution in [1.29, 1.82) is 0 Å². The van der Waals surface area contributed by atoms with E-state index < -0.39 is 5.41 Å². The van der Waals surface area contributed by atoms with Crippen LogP contribution >= 0.6 is 0 Å². The second kappa shape index (κ2) is 16.7. The highest BCUT2D eigenvalue weighted by molar-refractivity contribution is 6.11. The van der Waals surface area contributed by atoms with Gasteiger partial charge in [-0.05, 0) is 121 Å². The van der Waals surface area contributed by atoms with Crippen LogP contribution in [-0.4, -0.2) is 0 Å². The molecule has 0 unspecified atom stereocenters. The average Bonchev–Trinajstić information content (AvgIpc) is 3.96. The van der Waals surface area contributed by atoms with Crippen LogP contribution in [-0.2, 0) is 5.41 Å². The van der Waals surface area contributed by atoms with Crippen molar-refractivity contribution in [2.45, 2.75) is 5.41 Å². The van der Waals surface area contributed by atoms with E-state index in [0.29, 0.717) is 0 Å². The predicted octanol–water partition coefficient (Wildman–Crippen LogP) is 18.1. The third-order valence-corrected chi connectivity index (χ3v) is 14.2. The summed E-state index contributed by atoms with van der Waals surface area (Å²) in [6.07, 6.45) is 0. The smallest absolute Gasteiger partial charge is 0.143 e. The zero-order valence-electron chi connectivity index (χ0n) is 37.8. The van der Waals surface area contributed by atoms with Crippen molar-refractivity contribution < 1.29 is 4.42 Å². The molecule has 0 saturated carbocycles. The van der Waals surface area contributed by atoms with Crippen LogP contribution in [0.3, 0.4) is 0 Å². The van der Waals surface area contributed by atoms with Gasteiger partial charge in [-0.15, -0.1) is 0 Å². The first-order chi connectivity index (χ1) is 34.2. The number of hydrogen-bond acceptors (Lipinski definition) is 2. The number of hydrogen-bond donors (Lipinski definition) is 0. The van der Waals surface area contributed by atoms with Crippen molar-refractivity contribution in [2.24, 2.45) is 0 Å². The minimum atomic E-state index is -0.498. The SMILES string of the molecule is c1ccc(-c2ccc(N(c3ccc(-c4cc(-c5ccc6c(c5)C(c5ccccc5)(c5ccccc5)c5ccccc5-6)cc5c4oc4ccccc45)cc3)c3ccccc3-c3ccccc3)cc2)cc1. The maximum atomic E-state index is 6.81. The van der Waals surface area contributed by atoms with E-state index in [0.717, 1.165) is 66.8 Å². The maximum absolute atomic E-state index is 6.81. The first-order valence-electron chi connectivity index (χ1n) is 23.7. The molecule has 324 valence electrons. The van der Waals surface area contributed by atoms with Crippen LogP contribution in [0.15, 0.2) is 277 Å². The lowest BCUT2D eigenvalue weighted by atomic mass is 9.67. The molecule has 0 fully saturated rings. The third-order valence-electron chi connectivity index (χ3n) is 14.2. The quantitative estimate of drug-likeness (QED) is 0.144. The van der Waals surface area contributed by atoms with E-state index in [-0.39, 0.29) is 0 Å². The maximum Gasteiger partial charge on any atom is 0.143 e. The molecule has 2 nitrogen and oxygen atoms in total. The van der Waals surface area contributed by atoms with Crippen LogP contribution in [0.4, 0.5) is 17.1 Å². The lowest BCUT2D eigenvalue weighted by Crippen LogP contribution is -2.28. The second-order valence-corrected chi connectivity index (χ2v) is 18.0. The lowest BCUT2D eigenvalue weighted by Gasteiger charge is -2.34. The third kappa shape index (κ3) is 6.72. The van der Waals surface area contributed by atoms with Gasteiger partial charge in [-0.3, -0.25) is 0 Å². The highest BCUT2D eigenvalue weighted by Crippen LogP contribution is 2.57. The Morgan fingerprint density at radius 3 is 1.46 bits per heavy atom. The molecule has 0 radical (unpaired) electrons. The van der Waals surface area contributed by atoms with Gasteiger partial charge in [0.25, 0.3) is 0 Å². The Balaban J connectivity index is 0.975. The molecule has 1 aliphatic rings. The number of nitrogens with zero attached hydrogens (tertiary/aromatic N) is 1. The van der Waals surface area contributed by atoms with Gasteiger partial charge in [0.2, 0.25) is 0 Å². The zero-order valence-corrected chi connectivity index (χ0v) is 37.8. The Labute approximate surface area is 402 Å². The summed E-state index contributed by atoms with van der Waals surface area (Å²) < 4.78 is 6.81. The van der Waals surface area contributed by atoms with Crippen LogP contribution in [0.5, 0.6) is 0 Å². The molecule has 1 heterocycles. The average molecular weight is 880 g/mol. The van der Waals surface area contributed by atoms with Crippen LogP contribution in [0.1, 0.15) is 22.3 Å². The van der Waals surface area contributed by atoms with Crippen LogP contribution in [0.25, 0.3) is 77.6 Å². The predicted molar refractivity (Wildman–Crippen MR) is 287 cm³/mol. The van der Waals surface area contributed by atoms with E-state index >= 15 is 0 Å². The Bertz CT molecular complexity index is 3760. The molecule has 0 spiro atoms. The van der Waals surface area contributed by atoms with E-state index in [1.54, 1.807) is 0 Å². The molecule has 11 aromatic carbocycles. The van der Waals surface area contributed by atoms with Gasteiger partial charge in [-0.1, -0.05) is 218 Å². The first-order valence-corrected chi connectivity index (χ1v) is 23.7. The van der Waals surface area contributed by atoms with Crippen molar-refractivity contribution in [3.63, 3.8) is 0 Å². The van der Waals surface area contributed by atoms with Gasteiger partial charge in [0, 0.05) is 33.3 Å². The standard InChI is InChI=1S/C67H45NO/c1-5-19-46(20-6-1)47-33-38-54(39-34-47)68(64-31-17-14-27-56(64)48-21-7-2-8-22-48)55-40-35-49(36-41-55)60-43-51(44-61-59-29-15-18-32-65(59)69-66(60)61)50-37-42-58-57-28-13-16-30-62(57)67(63(58)45-50,52-23-9-3-10-24-52)53-25-11-4-12-26-53/h1-45H. The molecule has 1 aliphatic carbocycles. The number of para-hydroxylation sites is 2. The molecule has 69 heavy (non-hydrogen) atoms. The number of rotatable bonds is 9. The van der Waals surface area contributed by atoms with Gasteiger partial charge in [0.1, 0.15) is 11.2 Å². The van der Waals surface area contributed by atoms with Gasteiger partial charge < -0.3 is 9.32 Å². The number of fused-ring (bicyclic) bond motifs is 6. The topological polar surface area (TPSA) is 16.4 Å². The molecule has 2 heteroatoms. The summed E-state index contributed by atoms with van der Waals surface area (Å²) in [5.74, 6) is 0. The fourth-order valence-corrected chi connectivity index (χ4v) is 11.0. The summed E-state index contributed by atoms with van der Waals surface area (Å²) in [6.45, 7) is 0. The molecule has 1 aromatic heterocycles. The fraction of sp³-hybridized carbons (Fsp3) is 0.0149. The molecule has 0 atom stereocenters.